The highest BCUT2D eigenvalue weighted by Crippen LogP contribution is 2.68. The van der Waals surface area contributed by atoms with Gasteiger partial charge in [0.15, 0.2) is 0 Å². The van der Waals surface area contributed by atoms with Crippen molar-refractivity contribution in [2.24, 2.45) is 40.4 Å². The Kier molecular flexibility index (Phi) is 4.42. The van der Waals surface area contributed by atoms with Gasteiger partial charge in [0.2, 0.25) is 0 Å². The van der Waals surface area contributed by atoms with Gasteiger partial charge in [0.25, 0.3) is 0 Å². The van der Waals surface area contributed by atoms with Crippen LogP contribution in [-0.4, -0.2) is 22.8 Å². The average Bonchev–Trinajstić information content (AvgIpc) is 2.93. The second-order valence-electron chi connectivity index (χ2n) is 10.9. The Balaban J connectivity index is 1.57. The molecule has 0 spiro atoms. The average molecular weight is 361 g/mol. The van der Waals surface area contributed by atoms with Crippen molar-refractivity contribution in [2.75, 3.05) is 0 Å². The largest absolute Gasteiger partial charge is 0.390 e. The smallest absolute Gasteiger partial charge is 0.143 e. The van der Waals surface area contributed by atoms with Crippen molar-refractivity contribution in [3.63, 3.8) is 0 Å². The molecule has 8 atom stereocenters. The first-order valence-electron chi connectivity index (χ1n) is 10.9. The molecule has 4 fully saturated rings. The third-order valence-corrected chi connectivity index (χ3v) is 9.63. The quantitative estimate of drug-likeness (QED) is 0.593. The second-order valence-corrected chi connectivity index (χ2v) is 10.9. The Labute approximate surface area is 158 Å². The molecule has 146 valence electrons. The summed E-state index contributed by atoms with van der Waals surface area (Å²) in [6, 6.07) is 0. The number of hydrogen-bond donors (Lipinski definition) is 1. The molecule has 3 heteroatoms. The van der Waals surface area contributed by atoms with Crippen LogP contribution in [0, 0.1) is 40.4 Å². The molecule has 0 bridgehead atoms. The van der Waals surface area contributed by atoms with Gasteiger partial charge in [-0.1, -0.05) is 13.8 Å². The standard InChI is InChI=1S/C23H36O3/c1-21(26)11-12-22(2)15(14-21)4-5-16-17-6-7-19(20(25)9-13-24)23(17,3)10-8-18(16)22/h13,15-19,26H,4-12,14H2,1-3H3/t15-,16+,17+,18+,19-,21-,22+,23+/m1/s1. The molecule has 4 saturated carbocycles. The maximum atomic E-state index is 12.6. The number of hydrogen-bond acceptors (Lipinski definition) is 3. The maximum absolute atomic E-state index is 12.6. The molecule has 0 unspecified atom stereocenters. The molecule has 4 aliphatic carbocycles. The molecule has 4 rings (SSSR count). The van der Waals surface area contributed by atoms with Crippen LogP contribution in [0.2, 0.25) is 0 Å². The first kappa shape index (κ1) is 18.7. The van der Waals surface area contributed by atoms with E-state index in [0.717, 1.165) is 50.2 Å². The summed E-state index contributed by atoms with van der Waals surface area (Å²) >= 11 is 0. The number of carbonyl (C=O) groups excluding carboxylic acids is 2. The van der Waals surface area contributed by atoms with Crippen LogP contribution >= 0.6 is 0 Å². The molecule has 0 aromatic carbocycles. The third kappa shape index (κ3) is 2.64. The lowest BCUT2D eigenvalue weighted by Crippen LogP contribution is -2.55. The molecule has 1 N–H and O–H groups in total. The van der Waals surface area contributed by atoms with Crippen molar-refractivity contribution in [3.8, 4) is 0 Å². The lowest BCUT2D eigenvalue weighted by Gasteiger charge is -2.61. The zero-order chi connectivity index (χ0) is 18.7. The number of Topliss-reactive ketones (excluding diaryl/α,β-unsaturated/α-hetero) is 1. The van der Waals surface area contributed by atoms with Crippen molar-refractivity contribution >= 4 is 12.1 Å². The Bertz CT molecular complexity index is 596. The molecule has 0 aromatic heterocycles. The summed E-state index contributed by atoms with van der Waals surface area (Å²) in [5, 5.41) is 10.6. The molecule has 4 aliphatic rings. The first-order chi connectivity index (χ1) is 12.2. The molecule has 0 heterocycles. The second kappa shape index (κ2) is 6.15. The van der Waals surface area contributed by atoms with Gasteiger partial charge < -0.3 is 9.90 Å². The van der Waals surface area contributed by atoms with Crippen LogP contribution in [0.4, 0.5) is 0 Å². The molecule has 0 aromatic rings. The highest BCUT2D eigenvalue weighted by molar-refractivity contribution is 5.92. The summed E-state index contributed by atoms with van der Waals surface area (Å²) < 4.78 is 0. The topological polar surface area (TPSA) is 54.4 Å². The minimum absolute atomic E-state index is 0.107. The van der Waals surface area contributed by atoms with E-state index in [0.29, 0.717) is 17.3 Å². The van der Waals surface area contributed by atoms with E-state index in [1.807, 2.05) is 6.92 Å². The van der Waals surface area contributed by atoms with Crippen LogP contribution in [0.3, 0.4) is 0 Å². The summed E-state index contributed by atoms with van der Waals surface area (Å²) in [5.74, 6) is 3.11. The van der Waals surface area contributed by atoms with Crippen LogP contribution in [-0.2, 0) is 9.59 Å². The molecule has 0 aliphatic heterocycles. The van der Waals surface area contributed by atoms with Crippen molar-refractivity contribution in [1.29, 1.82) is 0 Å². The number of ketones is 1. The van der Waals surface area contributed by atoms with Gasteiger partial charge >= 0.3 is 0 Å². The van der Waals surface area contributed by atoms with Gasteiger partial charge in [0.05, 0.1) is 12.0 Å². The zero-order valence-electron chi connectivity index (χ0n) is 16.8. The highest BCUT2D eigenvalue weighted by atomic mass is 16.3. The van der Waals surface area contributed by atoms with Gasteiger partial charge in [-0.15, -0.1) is 0 Å². The van der Waals surface area contributed by atoms with Gasteiger partial charge in [-0.25, -0.2) is 0 Å². The molecular weight excluding hydrogens is 324 g/mol. The SMILES string of the molecule is C[C@@]1(O)CC[C@@]2(C)[C@H](CC[C@@H]3[C@@H]2CC[C@]2(C)[C@@H](C(=O)CC=O)CC[C@@H]32)C1. The molecular formula is C23H36O3. The summed E-state index contributed by atoms with van der Waals surface area (Å²) in [7, 11) is 0. The van der Waals surface area contributed by atoms with Crippen molar-refractivity contribution in [2.45, 2.75) is 90.6 Å². The van der Waals surface area contributed by atoms with E-state index in [1.165, 1.54) is 25.7 Å². The van der Waals surface area contributed by atoms with E-state index in [1.54, 1.807) is 0 Å². The summed E-state index contributed by atoms with van der Waals surface area (Å²) in [6.45, 7) is 6.89. The lowest BCUT2D eigenvalue weighted by atomic mass is 9.44. The zero-order valence-corrected chi connectivity index (χ0v) is 16.8. The minimum atomic E-state index is -0.472. The minimum Gasteiger partial charge on any atom is -0.390 e. The third-order valence-electron chi connectivity index (χ3n) is 9.63. The number of aldehydes is 1. The summed E-state index contributed by atoms with van der Waals surface area (Å²) in [6.07, 6.45) is 11.0. The number of fused-ring (bicyclic) bond motifs is 5. The first-order valence-corrected chi connectivity index (χ1v) is 10.9. The molecule has 3 nitrogen and oxygen atoms in total. The maximum Gasteiger partial charge on any atom is 0.143 e. The predicted octanol–water partition coefficient (Wildman–Crippen LogP) is 4.55. The van der Waals surface area contributed by atoms with Gasteiger partial charge in [-0.05, 0) is 99.2 Å². The van der Waals surface area contributed by atoms with Crippen LogP contribution < -0.4 is 0 Å². The Morgan fingerprint density at radius 1 is 0.962 bits per heavy atom. The number of rotatable bonds is 3. The fourth-order valence-corrected chi connectivity index (χ4v) is 8.18. The number of carbonyl (C=O) groups is 2. The van der Waals surface area contributed by atoms with Crippen LogP contribution in [0.5, 0.6) is 0 Å². The van der Waals surface area contributed by atoms with Gasteiger partial charge in [-0.2, -0.15) is 0 Å². The van der Waals surface area contributed by atoms with Crippen LogP contribution in [0.15, 0.2) is 0 Å². The summed E-state index contributed by atoms with van der Waals surface area (Å²) in [4.78, 5) is 23.4. The lowest BCUT2D eigenvalue weighted by molar-refractivity contribution is -0.150. The van der Waals surface area contributed by atoms with E-state index in [-0.39, 0.29) is 23.5 Å². The van der Waals surface area contributed by atoms with E-state index in [4.69, 9.17) is 0 Å². The van der Waals surface area contributed by atoms with Crippen LogP contribution in [0.1, 0.15) is 85.0 Å². The van der Waals surface area contributed by atoms with E-state index in [2.05, 4.69) is 13.8 Å². The Morgan fingerprint density at radius 3 is 2.42 bits per heavy atom. The van der Waals surface area contributed by atoms with Crippen LogP contribution in [0.25, 0.3) is 0 Å². The molecule has 26 heavy (non-hydrogen) atoms. The summed E-state index contributed by atoms with van der Waals surface area (Å²) in [5.41, 5.74) is 0.0158. The normalized spacial score (nSPS) is 53.3. The van der Waals surface area contributed by atoms with E-state index >= 15 is 0 Å². The van der Waals surface area contributed by atoms with Gasteiger partial charge in [0, 0.05) is 5.92 Å². The van der Waals surface area contributed by atoms with Crippen molar-refractivity contribution < 1.29 is 14.7 Å². The predicted molar refractivity (Wildman–Crippen MR) is 102 cm³/mol. The molecule has 0 radical (unpaired) electrons. The molecule has 0 saturated heterocycles. The fourth-order valence-electron chi connectivity index (χ4n) is 8.18. The Morgan fingerprint density at radius 2 is 1.69 bits per heavy atom. The monoisotopic (exact) mass is 360 g/mol. The highest BCUT2D eigenvalue weighted by Gasteiger charge is 2.61. The Hall–Kier alpha value is -0.700. The van der Waals surface area contributed by atoms with Gasteiger partial charge in [-0.3, -0.25) is 4.79 Å². The van der Waals surface area contributed by atoms with Crippen molar-refractivity contribution in [1.82, 2.24) is 0 Å². The molecule has 0 amide bonds. The van der Waals surface area contributed by atoms with E-state index < -0.39 is 5.60 Å². The van der Waals surface area contributed by atoms with Crippen molar-refractivity contribution in [3.05, 3.63) is 0 Å². The van der Waals surface area contributed by atoms with E-state index in [9.17, 15) is 14.7 Å². The van der Waals surface area contributed by atoms with Gasteiger partial charge in [0.1, 0.15) is 12.1 Å². The number of aliphatic hydroxyl groups is 1. The fraction of sp³-hybridized carbons (Fsp3) is 0.913.